The zero-order chi connectivity index (χ0) is 16.8. The van der Waals surface area contributed by atoms with Gasteiger partial charge >= 0.3 is 6.36 Å². The first kappa shape index (κ1) is 22.0. The fourth-order valence-electron chi connectivity index (χ4n) is 1.80. The minimum absolute atomic E-state index is 0. The number of rotatable bonds is 8. The number of hydrogen-bond donors (Lipinski definition) is 2. The van der Waals surface area contributed by atoms with Crippen LogP contribution in [0.4, 0.5) is 13.2 Å². The van der Waals surface area contributed by atoms with Crippen LogP contribution in [0.25, 0.3) is 0 Å². The third kappa shape index (κ3) is 7.87. The molecule has 3 N–H and O–H groups in total. The largest absolute Gasteiger partial charge is 0.573 e. The van der Waals surface area contributed by atoms with Gasteiger partial charge < -0.3 is 10.5 Å². The molecule has 0 aliphatic carbocycles. The number of unbranched alkanes of at least 4 members (excludes halogenated alkanes) is 1. The van der Waals surface area contributed by atoms with Crippen LogP contribution in [0.5, 0.6) is 5.75 Å². The van der Waals surface area contributed by atoms with E-state index in [4.69, 9.17) is 5.73 Å². The summed E-state index contributed by atoms with van der Waals surface area (Å²) in [5.74, 6) is -0.590. The molecule has 0 aliphatic heterocycles. The molecule has 0 spiro atoms. The second-order valence-corrected chi connectivity index (χ2v) is 6.43. The van der Waals surface area contributed by atoms with Crippen LogP contribution in [-0.2, 0) is 10.0 Å². The van der Waals surface area contributed by atoms with Gasteiger partial charge in [0, 0.05) is 18.7 Å². The molecule has 23 heavy (non-hydrogen) atoms. The first-order valence-corrected chi connectivity index (χ1v) is 8.24. The van der Waals surface area contributed by atoms with Crippen LogP contribution in [0, 0.1) is 0 Å². The highest BCUT2D eigenvalue weighted by Crippen LogP contribution is 2.25. The van der Waals surface area contributed by atoms with Gasteiger partial charge in [0.1, 0.15) is 5.75 Å². The number of halogens is 4. The number of nitrogens with one attached hydrogen (secondary N) is 1. The van der Waals surface area contributed by atoms with Gasteiger partial charge in [-0.05, 0) is 18.6 Å². The standard InChI is InChI=1S/C13H19F3N2O3S.ClH/c1-2-3-5-10(9-17)18-22(19,20)12-7-4-6-11(8-12)21-13(14,15)16;/h4,6-8,10,18H,2-3,5,9,17H2,1H3;1H. The van der Waals surface area contributed by atoms with Crippen molar-refractivity contribution >= 4 is 22.4 Å². The molecular weight excluding hydrogens is 357 g/mol. The topological polar surface area (TPSA) is 81.4 Å². The highest BCUT2D eigenvalue weighted by molar-refractivity contribution is 7.89. The lowest BCUT2D eigenvalue weighted by molar-refractivity contribution is -0.274. The van der Waals surface area contributed by atoms with Gasteiger partial charge in [-0.3, -0.25) is 0 Å². The van der Waals surface area contributed by atoms with E-state index in [0.717, 1.165) is 25.0 Å². The molecule has 0 bridgehead atoms. The Morgan fingerprint density at radius 3 is 2.52 bits per heavy atom. The molecule has 1 atom stereocenters. The van der Waals surface area contributed by atoms with Crippen LogP contribution in [0.1, 0.15) is 26.2 Å². The van der Waals surface area contributed by atoms with Crippen LogP contribution in [0.15, 0.2) is 29.2 Å². The van der Waals surface area contributed by atoms with Crippen molar-refractivity contribution in [3.8, 4) is 5.75 Å². The zero-order valence-corrected chi connectivity index (χ0v) is 14.1. The SMILES string of the molecule is CCCCC(CN)NS(=O)(=O)c1cccc(OC(F)(F)F)c1.Cl. The normalized spacial score (nSPS) is 13.3. The van der Waals surface area contributed by atoms with E-state index in [1.807, 2.05) is 6.92 Å². The molecule has 0 amide bonds. The van der Waals surface area contributed by atoms with Crippen molar-refractivity contribution in [3.63, 3.8) is 0 Å². The number of ether oxygens (including phenoxy) is 1. The van der Waals surface area contributed by atoms with Crippen LogP contribution in [-0.4, -0.2) is 27.4 Å². The average molecular weight is 377 g/mol. The summed E-state index contributed by atoms with van der Waals surface area (Å²) < 4.78 is 67.0. The van der Waals surface area contributed by atoms with E-state index in [1.54, 1.807) is 0 Å². The van der Waals surface area contributed by atoms with Gasteiger partial charge in [0.15, 0.2) is 0 Å². The molecule has 0 aliphatic rings. The number of alkyl halides is 3. The Balaban J connectivity index is 0.00000484. The molecule has 134 valence electrons. The summed E-state index contributed by atoms with van der Waals surface area (Å²) in [5, 5.41) is 0. The van der Waals surface area contributed by atoms with Gasteiger partial charge in [-0.15, -0.1) is 25.6 Å². The Kier molecular flexibility index (Phi) is 8.89. The summed E-state index contributed by atoms with van der Waals surface area (Å²) in [6, 6.07) is 3.77. The first-order valence-electron chi connectivity index (χ1n) is 6.76. The number of sulfonamides is 1. The van der Waals surface area contributed by atoms with Crippen molar-refractivity contribution < 1.29 is 26.3 Å². The molecule has 1 aromatic carbocycles. The lowest BCUT2D eigenvalue weighted by atomic mass is 10.1. The minimum Gasteiger partial charge on any atom is -0.406 e. The van der Waals surface area contributed by atoms with E-state index in [9.17, 15) is 21.6 Å². The highest BCUT2D eigenvalue weighted by Gasteiger charge is 2.31. The van der Waals surface area contributed by atoms with Crippen molar-refractivity contribution in [2.45, 2.75) is 43.5 Å². The molecule has 0 saturated heterocycles. The van der Waals surface area contributed by atoms with Gasteiger partial charge in [0.2, 0.25) is 10.0 Å². The Morgan fingerprint density at radius 2 is 2.00 bits per heavy atom. The second kappa shape index (κ2) is 9.31. The van der Waals surface area contributed by atoms with Crippen molar-refractivity contribution in [2.75, 3.05) is 6.54 Å². The molecule has 1 rings (SSSR count). The van der Waals surface area contributed by atoms with Gasteiger partial charge in [-0.25, -0.2) is 13.1 Å². The van der Waals surface area contributed by atoms with Crippen molar-refractivity contribution in [2.24, 2.45) is 5.73 Å². The quantitative estimate of drug-likeness (QED) is 0.731. The van der Waals surface area contributed by atoms with Gasteiger partial charge in [0.25, 0.3) is 0 Å². The van der Waals surface area contributed by atoms with E-state index < -0.39 is 28.2 Å². The summed E-state index contributed by atoms with van der Waals surface area (Å²) in [6.07, 6.45) is -2.64. The van der Waals surface area contributed by atoms with Gasteiger partial charge in [-0.2, -0.15) is 0 Å². The highest BCUT2D eigenvalue weighted by atomic mass is 35.5. The first-order chi connectivity index (χ1) is 10.2. The molecule has 10 heteroatoms. The summed E-state index contributed by atoms with van der Waals surface area (Å²) in [4.78, 5) is -0.302. The van der Waals surface area contributed by atoms with Crippen molar-refractivity contribution in [1.82, 2.24) is 4.72 Å². The maximum absolute atomic E-state index is 12.2. The maximum atomic E-state index is 12.2. The Morgan fingerprint density at radius 1 is 1.35 bits per heavy atom. The molecule has 0 aromatic heterocycles. The Labute approximate surface area is 139 Å². The predicted octanol–water partition coefficient (Wildman–Crippen LogP) is 2.80. The molecule has 0 radical (unpaired) electrons. The Bertz CT molecular complexity index is 582. The molecule has 0 heterocycles. The number of benzene rings is 1. The van der Waals surface area contributed by atoms with Crippen LogP contribution >= 0.6 is 12.4 Å². The maximum Gasteiger partial charge on any atom is 0.573 e. The van der Waals surface area contributed by atoms with Gasteiger partial charge in [-0.1, -0.05) is 25.8 Å². The monoisotopic (exact) mass is 376 g/mol. The van der Waals surface area contributed by atoms with Crippen molar-refractivity contribution in [3.05, 3.63) is 24.3 Å². The molecule has 0 saturated carbocycles. The third-order valence-corrected chi connectivity index (χ3v) is 4.38. The lowest BCUT2D eigenvalue weighted by Gasteiger charge is -2.17. The number of nitrogens with two attached hydrogens (primary N) is 1. The number of hydrogen-bond acceptors (Lipinski definition) is 4. The molecule has 0 fully saturated rings. The summed E-state index contributed by atoms with van der Waals surface area (Å²) in [6.45, 7) is 2.07. The smallest absolute Gasteiger partial charge is 0.406 e. The predicted molar refractivity (Wildman–Crippen MR) is 83.1 cm³/mol. The van der Waals surface area contributed by atoms with Crippen LogP contribution in [0.3, 0.4) is 0 Å². The van der Waals surface area contributed by atoms with E-state index in [2.05, 4.69) is 9.46 Å². The summed E-state index contributed by atoms with van der Waals surface area (Å²) in [7, 11) is -3.96. The molecule has 5 nitrogen and oxygen atoms in total. The summed E-state index contributed by atoms with van der Waals surface area (Å²) >= 11 is 0. The van der Waals surface area contributed by atoms with E-state index in [-0.39, 0.29) is 23.8 Å². The van der Waals surface area contributed by atoms with Crippen LogP contribution < -0.4 is 15.2 Å². The Hall–Kier alpha value is -1.03. The average Bonchev–Trinajstić information content (AvgIpc) is 2.41. The van der Waals surface area contributed by atoms with Gasteiger partial charge in [0.05, 0.1) is 4.90 Å². The van der Waals surface area contributed by atoms with Crippen molar-refractivity contribution in [1.29, 1.82) is 0 Å². The fraction of sp³-hybridized carbons (Fsp3) is 0.538. The molecular formula is C13H20ClF3N2O3S. The zero-order valence-electron chi connectivity index (χ0n) is 12.5. The van der Waals surface area contributed by atoms with E-state index in [0.29, 0.717) is 6.42 Å². The second-order valence-electron chi connectivity index (χ2n) is 4.72. The fourth-order valence-corrected chi connectivity index (χ4v) is 3.12. The van der Waals surface area contributed by atoms with E-state index >= 15 is 0 Å². The molecule has 1 aromatic rings. The minimum atomic E-state index is -4.88. The lowest BCUT2D eigenvalue weighted by Crippen LogP contribution is -2.40. The summed E-state index contributed by atoms with van der Waals surface area (Å²) in [5.41, 5.74) is 5.51. The van der Waals surface area contributed by atoms with Crippen LogP contribution in [0.2, 0.25) is 0 Å². The third-order valence-electron chi connectivity index (χ3n) is 2.86. The molecule has 1 unspecified atom stereocenters. The van der Waals surface area contributed by atoms with E-state index in [1.165, 1.54) is 12.1 Å².